The van der Waals surface area contributed by atoms with Crippen LogP contribution in [0.2, 0.25) is 0 Å². The van der Waals surface area contributed by atoms with Crippen LogP contribution in [0.3, 0.4) is 0 Å². The summed E-state index contributed by atoms with van der Waals surface area (Å²) in [7, 11) is -4.79. The fourth-order valence-corrected chi connectivity index (χ4v) is 5.36. The Morgan fingerprint density at radius 1 is 1.03 bits per heavy atom. The minimum atomic E-state index is -4.79. The third-order valence-corrected chi connectivity index (χ3v) is 7.55. The third kappa shape index (κ3) is 10.6. The van der Waals surface area contributed by atoms with Crippen molar-refractivity contribution < 1.29 is 62.2 Å². The van der Waals surface area contributed by atoms with Crippen molar-refractivity contribution in [3.05, 3.63) is 72.3 Å². The molecule has 0 radical (unpaired) electrons. The molecular weight excluding hydrogens is 547 g/mol. The summed E-state index contributed by atoms with van der Waals surface area (Å²) in [6.45, 7) is 3.22. The Bertz CT molecular complexity index is 1350. The molecule has 0 saturated heterocycles. The first-order valence-corrected chi connectivity index (χ1v) is 14.5. The molecule has 0 amide bonds. The molecule has 0 aromatic heterocycles. The van der Waals surface area contributed by atoms with Crippen molar-refractivity contribution in [2.24, 2.45) is 0 Å². The Balaban J connectivity index is 0.00000533. The Hall–Kier alpha value is -1.84. The first-order valence-electron chi connectivity index (χ1n) is 12.3. The van der Waals surface area contributed by atoms with Gasteiger partial charge in [0.25, 0.3) is 0 Å². The zero-order chi connectivity index (χ0) is 27.4. The van der Waals surface area contributed by atoms with Crippen LogP contribution in [0.5, 0.6) is 5.75 Å². The summed E-state index contributed by atoms with van der Waals surface area (Å²) in [6.07, 6.45) is 1.35. The van der Waals surface area contributed by atoms with Crippen molar-refractivity contribution >= 4 is 21.9 Å². The van der Waals surface area contributed by atoms with E-state index in [1.54, 1.807) is 36.4 Å². The van der Waals surface area contributed by atoms with E-state index in [-0.39, 0.29) is 47.7 Å². The SMILES string of the molecule is CCCCOc1ccc(Sc2ccc(-c3ccccc3C(O)C#CCOCCCO)cc2S(=O)(=O)[O-])cc1.[Na+]. The summed E-state index contributed by atoms with van der Waals surface area (Å²) >= 11 is 1.18. The van der Waals surface area contributed by atoms with Crippen LogP contribution in [0, 0.1) is 11.8 Å². The van der Waals surface area contributed by atoms with Gasteiger partial charge in [-0.25, -0.2) is 8.42 Å². The zero-order valence-electron chi connectivity index (χ0n) is 22.1. The summed E-state index contributed by atoms with van der Waals surface area (Å²) in [5.74, 6) is 6.20. The second kappa shape index (κ2) is 17.1. The predicted molar refractivity (Wildman–Crippen MR) is 146 cm³/mol. The van der Waals surface area contributed by atoms with Crippen LogP contribution in [0.1, 0.15) is 37.9 Å². The van der Waals surface area contributed by atoms with Crippen molar-refractivity contribution in [2.75, 3.05) is 26.4 Å². The van der Waals surface area contributed by atoms with Crippen LogP contribution >= 0.6 is 11.8 Å². The van der Waals surface area contributed by atoms with Crippen LogP contribution in [0.25, 0.3) is 11.1 Å². The maximum atomic E-state index is 12.2. The van der Waals surface area contributed by atoms with Gasteiger partial charge in [-0.15, -0.1) is 0 Å². The van der Waals surface area contributed by atoms with E-state index in [1.807, 2.05) is 24.3 Å². The van der Waals surface area contributed by atoms with Gasteiger partial charge in [0.1, 0.15) is 28.6 Å². The maximum Gasteiger partial charge on any atom is 1.00 e. The molecule has 3 aromatic carbocycles. The summed E-state index contributed by atoms with van der Waals surface area (Å²) in [4.78, 5) is 0.731. The molecule has 0 saturated carbocycles. The number of hydrogen-bond acceptors (Lipinski definition) is 8. The maximum absolute atomic E-state index is 12.2. The second-order valence-corrected chi connectivity index (χ2v) is 10.8. The van der Waals surface area contributed by atoms with E-state index in [0.717, 1.165) is 23.5 Å². The second-order valence-electron chi connectivity index (χ2n) is 8.33. The van der Waals surface area contributed by atoms with Gasteiger partial charge in [-0.2, -0.15) is 0 Å². The molecule has 39 heavy (non-hydrogen) atoms. The summed E-state index contributed by atoms with van der Waals surface area (Å²) in [5, 5.41) is 19.5. The number of aliphatic hydroxyl groups is 2. The topological polar surface area (TPSA) is 116 Å². The van der Waals surface area contributed by atoms with E-state index in [2.05, 4.69) is 18.8 Å². The molecule has 1 unspecified atom stereocenters. The fraction of sp³-hybridized carbons (Fsp3) is 0.310. The number of benzene rings is 3. The number of ether oxygens (including phenoxy) is 2. The van der Waals surface area contributed by atoms with E-state index in [9.17, 15) is 18.1 Å². The van der Waals surface area contributed by atoms with Crippen molar-refractivity contribution in [1.82, 2.24) is 0 Å². The Morgan fingerprint density at radius 3 is 2.46 bits per heavy atom. The van der Waals surface area contributed by atoms with Crippen molar-refractivity contribution in [1.29, 1.82) is 0 Å². The largest absolute Gasteiger partial charge is 1.00 e. The van der Waals surface area contributed by atoms with Crippen molar-refractivity contribution in [2.45, 2.75) is 47.0 Å². The van der Waals surface area contributed by atoms with Crippen LogP contribution < -0.4 is 34.3 Å². The molecule has 0 heterocycles. The van der Waals surface area contributed by atoms with Crippen molar-refractivity contribution in [3.63, 3.8) is 0 Å². The Morgan fingerprint density at radius 2 is 1.77 bits per heavy atom. The van der Waals surface area contributed by atoms with Gasteiger partial charge in [0.15, 0.2) is 0 Å². The van der Waals surface area contributed by atoms with Crippen LogP contribution in [0.15, 0.2) is 81.4 Å². The Labute approximate surface area is 257 Å². The fourth-order valence-electron chi connectivity index (χ4n) is 3.52. The van der Waals surface area contributed by atoms with E-state index < -0.39 is 16.2 Å². The van der Waals surface area contributed by atoms with Crippen LogP contribution in [-0.2, 0) is 14.9 Å². The average Bonchev–Trinajstić information content (AvgIpc) is 2.91. The summed E-state index contributed by atoms with van der Waals surface area (Å²) in [5.41, 5.74) is 1.51. The molecule has 0 aliphatic carbocycles. The molecule has 0 fully saturated rings. The first-order chi connectivity index (χ1) is 18.3. The molecular formula is C29H31NaO7S2. The third-order valence-electron chi connectivity index (χ3n) is 5.46. The van der Waals surface area contributed by atoms with Crippen LogP contribution in [0.4, 0.5) is 0 Å². The van der Waals surface area contributed by atoms with E-state index in [1.165, 1.54) is 17.8 Å². The molecule has 10 heteroatoms. The van der Waals surface area contributed by atoms with Gasteiger partial charge >= 0.3 is 29.6 Å². The van der Waals surface area contributed by atoms with Gasteiger partial charge in [-0.05, 0) is 60.4 Å². The minimum absolute atomic E-state index is 0. The first kappa shape index (κ1) is 33.4. The number of rotatable bonds is 13. The summed E-state index contributed by atoms with van der Waals surface area (Å²) in [6, 6.07) is 18.8. The van der Waals surface area contributed by atoms with Gasteiger partial charge in [-0.3, -0.25) is 0 Å². The summed E-state index contributed by atoms with van der Waals surface area (Å²) < 4.78 is 47.6. The molecule has 0 aliphatic heterocycles. The smallest absolute Gasteiger partial charge is 0.744 e. The van der Waals surface area contributed by atoms with Gasteiger partial charge < -0.3 is 24.2 Å². The molecule has 1 atom stereocenters. The molecule has 0 bridgehead atoms. The molecule has 3 rings (SSSR count). The van der Waals surface area contributed by atoms with E-state index in [0.29, 0.717) is 41.2 Å². The molecule has 202 valence electrons. The van der Waals surface area contributed by atoms with E-state index >= 15 is 0 Å². The molecule has 7 nitrogen and oxygen atoms in total. The van der Waals surface area contributed by atoms with Crippen LogP contribution in [-0.4, -0.2) is 49.6 Å². The van der Waals surface area contributed by atoms with Gasteiger partial charge in [0.05, 0.1) is 18.1 Å². The molecule has 0 spiro atoms. The predicted octanol–water partition coefficient (Wildman–Crippen LogP) is 2.03. The standard InChI is InChI=1S/C29H32O7S2.Na/c1-2-3-20-36-23-12-14-24(15-13-23)37-28-16-11-22(21-29(28)38(32,33)34)25-8-4-5-9-26(25)27(31)10-6-18-35-19-7-17-30;/h4-5,8-9,11-16,21,27,30-31H,2-3,7,17-20H2,1H3,(H,32,33,34);/q;+1/p-1. The minimum Gasteiger partial charge on any atom is -0.744 e. The molecule has 0 aliphatic rings. The number of unbranched alkanes of at least 4 members (excludes halogenated alkanes) is 1. The van der Waals surface area contributed by atoms with Gasteiger partial charge in [0, 0.05) is 22.0 Å². The van der Waals surface area contributed by atoms with Crippen molar-refractivity contribution in [3.8, 4) is 28.7 Å². The van der Waals surface area contributed by atoms with E-state index in [4.69, 9.17) is 14.6 Å². The number of hydrogen-bond donors (Lipinski definition) is 2. The number of aliphatic hydroxyl groups excluding tert-OH is 2. The monoisotopic (exact) mass is 578 g/mol. The normalized spacial score (nSPS) is 11.7. The zero-order valence-corrected chi connectivity index (χ0v) is 25.8. The molecule has 3 aromatic rings. The van der Waals surface area contributed by atoms with Gasteiger partial charge in [0.2, 0.25) is 0 Å². The average molecular weight is 579 g/mol. The van der Waals surface area contributed by atoms with Gasteiger partial charge in [-0.1, -0.05) is 67.3 Å². The quantitative estimate of drug-likeness (QED) is 0.137. The Kier molecular flexibility index (Phi) is 14.6. The molecule has 2 N–H and O–H groups in total.